The number of hydrogen-bond acceptors (Lipinski definition) is 10. The van der Waals surface area contributed by atoms with Crippen LogP contribution in [0.5, 0.6) is 0 Å². The molecule has 3 amide bonds. The molecule has 1 aliphatic heterocycles. The lowest BCUT2D eigenvalue weighted by atomic mass is 9.95. The predicted octanol–water partition coefficient (Wildman–Crippen LogP) is 5.90. The van der Waals surface area contributed by atoms with Gasteiger partial charge in [-0.15, -0.1) is 22.7 Å². The number of aryl methyl sites for hydroxylation is 1. The summed E-state index contributed by atoms with van der Waals surface area (Å²) in [5.41, 5.74) is 8.50. The average Bonchev–Trinajstić information content (AvgIpc) is 3.86. The van der Waals surface area contributed by atoms with Crippen LogP contribution in [0.3, 0.4) is 0 Å². The van der Waals surface area contributed by atoms with Crippen molar-refractivity contribution in [2.45, 2.75) is 77.1 Å². The van der Waals surface area contributed by atoms with Crippen molar-refractivity contribution in [1.29, 1.82) is 0 Å². The summed E-state index contributed by atoms with van der Waals surface area (Å²) in [6.07, 6.45) is -0.447. The first-order chi connectivity index (χ1) is 25.2. The molecule has 1 fully saturated rings. The number of amides is 3. The standard InChI is InChI=1S/C37H48ClN7O5S3/c1-6-24(4)34(45-15-14-43(37(45)48)19-27-21-52-36(41-27)32-22-51-25(5)40-32)35(47)42-31(16-26-10-8-7-9-11-26)33(46)20-44(18-23(2)3)53(49,50)28-12-13-29(38)30(39)17-28/h7-13,17,21-24,31,33-34,46H,6,14-16,18-20,39H2,1-5H3,(H,42,47)/t24?,31-,33+,34?/m0/s1. The number of rotatable bonds is 17. The van der Waals surface area contributed by atoms with Crippen LogP contribution in [0.4, 0.5) is 10.5 Å². The van der Waals surface area contributed by atoms with Gasteiger partial charge in [-0.25, -0.2) is 23.2 Å². The van der Waals surface area contributed by atoms with Crippen molar-refractivity contribution in [3.8, 4) is 10.7 Å². The molecule has 0 bridgehead atoms. The predicted molar refractivity (Wildman–Crippen MR) is 211 cm³/mol. The summed E-state index contributed by atoms with van der Waals surface area (Å²) in [5.74, 6) is -0.691. The molecular formula is C37H48ClN7O5S3. The summed E-state index contributed by atoms with van der Waals surface area (Å²) in [7, 11) is -4.11. The van der Waals surface area contributed by atoms with E-state index in [4.69, 9.17) is 22.3 Å². The molecule has 286 valence electrons. The van der Waals surface area contributed by atoms with Crippen LogP contribution in [0.15, 0.2) is 64.2 Å². The quantitative estimate of drug-likeness (QED) is 0.111. The molecule has 16 heteroatoms. The first-order valence-electron chi connectivity index (χ1n) is 17.7. The van der Waals surface area contributed by atoms with Crippen LogP contribution in [0.2, 0.25) is 5.02 Å². The monoisotopic (exact) mass is 801 g/mol. The maximum absolute atomic E-state index is 14.4. The number of aromatic nitrogens is 2. The molecule has 0 spiro atoms. The van der Waals surface area contributed by atoms with Crippen LogP contribution in [0, 0.1) is 18.8 Å². The summed E-state index contributed by atoms with van der Waals surface area (Å²) in [4.78, 5) is 40.7. The maximum atomic E-state index is 14.4. The van der Waals surface area contributed by atoms with Crippen molar-refractivity contribution in [3.05, 3.63) is 80.6 Å². The fraction of sp³-hybridized carbons (Fsp3) is 0.459. The van der Waals surface area contributed by atoms with Gasteiger partial charge in [0.1, 0.15) is 16.7 Å². The van der Waals surface area contributed by atoms with Crippen molar-refractivity contribution in [1.82, 2.24) is 29.4 Å². The number of carbonyl (C=O) groups excluding carboxylic acids is 2. The van der Waals surface area contributed by atoms with Crippen LogP contribution in [0.25, 0.3) is 10.7 Å². The van der Waals surface area contributed by atoms with Crippen molar-refractivity contribution in [2.75, 3.05) is 31.9 Å². The first kappa shape index (κ1) is 40.6. The van der Waals surface area contributed by atoms with E-state index in [2.05, 4.69) is 10.3 Å². The van der Waals surface area contributed by atoms with Gasteiger partial charge < -0.3 is 26.0 Å². The molecule has 4 atom stereocenters. The van der Waals surface area contributed by atoms with E-state index in [0.29, 0.717) is 26.1 Å². The second-order valence-corrected chi connectivity index (χ2v) is 18.2. The number of nitrogen functional groups attached to an aromatic ring is 1. The molecule has 2 unspecified atom stereocenters. The van der Waals surface area contributed by atoms with Gasteiger partial charge in [-0.2, -0.15) is 4.31 Å². The Morgan fingerprint density at radius 2 is 1.81 bits per heavy atom. The van der Waals surface area contributed by atoms with E-state index in [1.807, 2.05) is 75.7 Å². The number of hydrogen-bond donors (Lipinski definition) is 3. The smallest absolute Gasteiger partial charge is 0.321 e. The Morgan fingerprint density at radius 3 is 2.45 bits per heavy atom. The molecule has 0 saturated carbocycles. The van der Waals surface area contributed by atoms with E-state index >= 15 is 0 Å². The minimum Gasteiger partial charge on any atom is -0.397 e. The van der Waals surface area contributed by atoms with Crippen LogP contribution in [0.1, 0.15) is 50.4 Å². The number of thiazole rings is 2. The Labute approximate surface area is 325 Å². The number of carbonyl (C=O) groups is 2. The number of nitrogens with one attached hydrogen (secondary N) is 1. The van der Waals surface area contributed by atoms with Gasteiger partial charge in [0.25, 0.3) is 0 Å². The van der Waals surface area contributed by atoms with Gasteiger partial charge in [-0.3, -0.25) is 4.79 Å². The molecule has 0 radical (unpaired) electrons. The molecule has 2 aromatic carbocycles. The Hall–Kier alpha value is -3.60. The number of nitrogens with zero attached hydrogens (tertiary/aromatic N) is 5. The minimum absolute atomic E-state index is 0.0445. The Kier molecular flexibility index (Phi) is 13.5. The zero-order valence-electron chi connectivity index (χ0n) is 30.6. The van der Waals surface area contributed by atoms with Crippen molar-refractivity contribution in [3.63, 3.8) is 0 Å². The fourth-order valence-corrected chi connectivity index (χ4v) is 9.57. The molecule has 12 nitrogen and oxygen atoms in total. The zero-order chi connectivity index (χ0) is 38.4. The van der Waals surface area contributed by atoms with E-state index in [1.54, 1.807) is 21.1 Å². The molecule has 0 aliphatic carbocycles. The normalized spacial score (nSPS) is 16.0. The average molecular weight is 802 g/mol. The lowest BCUT2D eigenvalue weighted by Gasteiger charge is -2.35. The number of aliphatic hydroxyl groups excluding tert-OH is 1. The van der Waals surface area contributed by atoms with Gasteiger partial charge in [0.2, 0.25) is 15.9 Å². The van der Waals surface area contributed by atoms with Crippen LogP contribution < -0.4 is 11.1 Å². The van der Waals surface area contributed by atoms with Gasteiger partial charge in [-0.05, 0) is 48.9 Å². The third-order valence-electron chi connectivity index (χ3n) is 9.31. The summed E-state index contributed by atoms with van der Waals surface area (Å²) >= 11 is 9.12. The second-order valence-electron chi connectivity index (χ2n) is 13.9. The van der Waals surface area contributed by atoms with Gasteiger partial charge in [0.15, 0.2) is 0 Å². The SMILES string of the molecule is CCC(C)C(C(=O)N[C@@H](Cc1ccccc1)[C@H](O)CN(CC(C)C)S(=O)(=O)c1ccc(Cl)c(N)c1)N1CCN(Cc2csc(-c3csc(C)n3)n2)C1=O. The van der Waals surface area contributed by atoms with E-state index in [-0.39, 0.29) is 53.0 Å². The highest BCUT2D eigenvalue weighted by atomic mass is 35.5. The first-order valence-corrected chi connectivity index (χ1v) is 21.3. The Morgan fingerprint density at radius 1 is 1.08 bits per heavy atom. The molecule has 4 N–H and O–H groups in total. The summed E-state index contributed by atoms with van der Waals surface area (Å²) in [5, 5.41) is 20.8. The molecule has 1 saturated heterocycles. The number of nitrogens with two attached hydrogens (primary N) is 1. The molecule has 5 rings (SSSR count). The summed E-state index contributed by atoms with van der Waals surface area (Å²) in [6, 6.07) is 11.5. The highest BCUT2D eigenvalue weighted by Gasteiger charge is 2.41. The van der Waals surface area contributed by atoms with E-state index < -0.39 is 34.1 Å². The van der Waals surface area contributed by atoms with E-state index in [1.165, 1.54) is 33.8 Å². The van der Waals surface area contributed by atoms with Crippen LogP contribution in [-0.2, 0) is 27.8 Å². The number of aliphatic hydroxyl groups is 1. The number of sulfonamides is 1. The van der Waals surface area contributed by atoms with Crippen LogP contribution in [-0.4, -0.2) is 93.9 Å². The van der Waals surface area contributed by atoms with Crippen LogP contribution >= 0.6 is 34.3 Å². The van der Waals surface area contributed by atoms with Crippen molar-refractivity contribution >= 4 is 61.9 Å². The number of anilines is 1. The van der Waals surface area contributed by atoms with Gasteiger partial charge in [0, 0.05) is 36.9 Å². The lowest BCUT2D eigenvalue weighted by Crippen LogP contribution is -2.57. The fourth-order valence-electron chi connectivity index (χ4n) is 6.36. The Balaban J connectivity index is 1.36. The summed E-state index contributed by atoms with van der Waals surface area (Å²) in [6.45, 7) is 10.5. The van der Waals surface area contributed by atoms with E-state index in [9.17, 15) is 23.1 Å². The lowest BCUT2D eigenvalue weighted by molar-refractivity contribution is -0.128. The number of benzene rings is 2. The molecule has 53 heavy (non-hydrogen) atoms. The zero-order valence-corrected chi connectivity index (χ0v) is 33.8. The molecular weight excluding hydrogens is 754 g/mol. The Bertz CT molecular complexity index is 1970. The van der Waals surface area contributed by atoms with Crippen molar-refractivity contribution < 1.29 is 23.1 Å². The van der Waals surface area contributed by atoms with Crippen molar-refractivity contribution in [2.24, 2.45) is 11.8 Å². The molecule has 1 aliphatic rings. The summed E-state index contributed by atoms with van der Waals surface area (Å²) < 4.78 is 29.1. The van der Waals surface area contributed by atoms with Gasteiger partial charge in [0.05, 0.1) is 45.0 Å². The third-order valence-corrected chi connectivity index (χ3v) is 13.2. The maximum Gasteiger partial charge on any atom is 0.321 e. The number of halogens is 1. The molecule has 4 aromatic rings. The number of urea groups is 1. The highest BCUT2D eigenvalue weighted by Crippen LogP contribution is 2.29. The van der Waals surface area contributed by atoms with E-state index in [0.717, 1.165) is 27.0 Å². The molecule has 3 heterocycles. The largest absolute Gasteiger partial charge is 0.397 e. The molecule has 2 aromatic heterocycles. The van der Waals surface area contributed by atoms with Gasteiger partial charge in [-0.1, -0.05) is 76.0 Å². The second kappa shape index (κ2) is 17.7. The van der Waals surface area contributed by atoms with Gasteiger partial charge >= 0.3 is 6.03 Å². The highest BCUT2D eigenvalue weighted by molar-refractivity contribution is 7.89. The third kappa shape index (κ3) is 9.94. The topological polar surface area (TPSA) is 162 Å². The minimum atomic E-state index is -4.11.